The minimum atomic E-state index is -1.10. The van der Waals surface area contributed by atoms with Crippen LogP contribution in [-0.2, 0) is 4.74 Å². The van der Waals surface area contributed by atoms with E-state index in [-0.39, 0.29) is 50.2 Å². The summed E-state index contributed by atoms with van der Waals surface area (Å²) in [5.41, 5.74) is 0.158. The minimum Gasteiger partial charge on any atom is -0.508 e. The van der Waals surface area contributed by atoms with Crippen LogP contribution in [-0.4, -0.2) is 83.6 Å². The molecule has 11 heteroatoms. The van der Waals surface area contributed by atoms with Gasteiger partial charge in [-0.15, -0.1) is 0 Å². The number of halogens is 3. The predicted octanol–water partition coefficient (Wildman–Crippen LogP) is 5.54. The lowest BCUT2D eigenvalue weighted by molar-refractivity contribution is -0.0532. The lowest BCUT2D eigenvalue weighted by Gasteiger charge is -2.35. The highest BCUT2D eigenvalue weighted by atomic mass is 19.2. The first-order chi connectivity index (χ1) is 22.3. The van der Waals surface area contributed by atoms with Gasteiger partial charge in [0.1, 0.15) is 17.1 Å². The van der Waals surface area contributed by atoms with Crippen molar-refractivity contribution in [2.24, 2.45) is 5.41 Å². The topological polar surface area (TPSA) is 83.0 Å². The Labute approximate surface area is 264 Å². The summed E-state index contributed by atoms with van der Waals surface area (Å²) in [7, 11) is 0. The number of aromatic nitrogens is 2. The van der Waals surface area contributed by atoms with E-state index in [0.29, 0.717) is 29.9 Å². The summed E-state index contributed by atoms with van der Waals surface area (Å²) in [6.07, 6.45) is 6.49. The zero-order valence-electron chi connectivity index (χ0n) is 25.5. The Kier molecular flexibility index (Phi) is 6.46. The molecule has 240 valence electrons. The molecule has 0 radical (unpaired) electrons. The van der Waals surface area contributed by atoms with Crippen LogP contribution in [0, 0.1) is 22.9 Å². The van der Waals surface area contributed by atoms with E-state index < -0.39 is 17.5 Å². The normalized spacial score (nSPS) is 24.6. The Balaban J connectivity index is 1.10. The van der Waals surface area contributed by atoms with Gasteiger partial charge in [0.15, 0.2) is 17.5 Å². The van der Waals surface area contributed by atoms with Crippen molar-refractivity contribution in [1.29, 1.82) is 0 Å². The number of benzene rings is 3. The molecule has 2 bridgehead atoms. The Morgan fingerprint density at radius 2 is 1.76 bits per heavy atom. The summed E-state index contributed by atoms with van der Waals surface area (Å²) in [6, 6.07) is 8.99. The van der Waals surface area contributed by atoms with Crippen LogP contribution < -0.4 is 15.0 Å². The minimum absolute atomic E-state index is 0.00251. The van der Waals surface area contributed by atoms with E-state index in [1.807, 2.05) is 0 Å². The van der Waals surface area contributed by atoms with E-state index in [1.54, 1.807) is 6.07 Å². The summed E-state index contributed by atoms with van der Waals surface area (Å²) < 4.78 is 58.6. The second kappa shape index (κ2) is 10.4. The average molecular weight is 632 g/mol. The maximum Gasteiger partial charge on any atom is 0.319 e. The third-order valence-electron chi connectivity index (χ3n) is 10.7. The van der Waals surface area contributed by atoms with Crippen molar-refractivity contribution in [2.75, 3.05) is 50.8 Å². The van der Waals surface area contributed by atoms with E-state index >= 15 is 8.78 Å². The molecule has 8 nitrogen and oxygen atoms in total. The van der Waals surface area contributed by atoms with Gasteiger partial charge in [0.25, 0.3) is 0 Å². The molecule has 3 aromatic carbocycles. The van der Waals surface area contributed by atoms with Gasteiger partial charge in [0.05, 0.1) is 18.8 Å². The van der Waals surface area contributed by atoms with Gasteiger partial charge in [0.2, 0.25) is 0 Å². The molecule has 0 amide bonds. The number of phenols is 1. The summed E-state index contributed by atoms with van der Waals surface area (Å²) in [6.45, 7) is 5.44. The first-order valence-electron chi connectivity index (χ1n) is 16.4. The summed E-state index contributed by atoms with van der Waals surface area (Å²) >= 11 is 0. The van der Waals surface area contributed by atoms with Crippen molar-refractivity contribution < 1.29 is 27.8 Å². The highest BCUT2D eigenvalue weighted by molar-refractivity contribution is 6.01. The molecule has 2 saturated carbocycles. The molecule has 4 heterocycles. The van der Waals surface area contributed by atoms with Crippen LogP contribution >= 0.6 is 0 Å². The third-order valence-corrected chi connectivity index (χ3v) is 10.7. The van der Waals surface area contributed by atoms with Crippen molar-refractivity contribution in [3.05, 3.63) is 53.8 Å². The third kappa shape index (κ3) is 4.94. The molecule has 4 aromatic rings. The van der Waals surface area contributed by atoms with Gasteiger partial charge in [-0.2, -0.15) is 9.97 Å². The van der Waals surface area contributed by atoms with Crippen molar-refractivity contribution in [3.8, 4) is 22.9 Å². The Hall–Kier alpha value is -3.67. The second-order valence-corrected chi connectivity index (χ2v) is 14.2. The van der Waals surface area contributed by atoms with E-state index in [1.165, 1.54) is 24.3 Å². The van der Waals surface area contributed by atoms with Gasteiger partial charge in [-0.1, -0.05) is 12.1 Å². The molecule has 1 spiro atoms. The lowest BCUT2D eigenvalue weighted by Crippen LogP contribution is -2.51. The lowest BCUT2D eigenvalue weighted by atomic mass is 9.95. The van der Waals surface area contributed by atoms with Gasteiger partial charge < -0.3 is 24.8 Å². The zero-order valence-corrected chi connectivity index (χ0v) is 25.5. The molecule has 1 aromatic heterocycles. The van der Waals surface area contributed by atoms with Crippen molar-refractivity contribution >= 4 is 27.5 Å². The van der Waals surface area contributed by atoms with Crippen LogP contribution in [0.3, 0.4) is 0 Å². The highest BCUT2D eigenvalue weighted by Gasteiger charge is 2.51. The van der Waals surface area contributed by atoms with Gasteiger partial charge in [-0.05, 0) is 73.7 Å². The van der Waals surface area contributed by atoms with Crippen LogP contribution in [0.4, 0.5) is 19.0 Å². The van der Waals surface area contributed by atoms with E-state index in [0.717, 1.165) is 83.9 Å². The van der Waals surface area contributed by atoms with Crippen molar-refractivity contribution in [1.82, 2.24) is 20.2 Å². The number of rotatable bonds is 7. The monoisotopic (exact) mass is 631 g/mol. The molecule has 2 aliphatic carbocycles. The van der Waals surface area contributed by atoms with Crippen LogP contribution in [0.1, 0.15) is 38.5 Å². The molecule has 3 aliphatic heterocycles. The summed E-state index contributed by atoms with van der Waals surface area (Å²) in [5.74, 6) is -2.43. The zero-order chi connectivity index (χ0) is 31.2. The molecule has 5 aliphatic rings. The Morgan fingerprint density at radius 3 is 2.52 bits per heavy atom. The Morgan fingerprint density at radius 1 is 0.957 bits per heavy atom. The number of hydrogen-bond acceptors (Lipinski definition) is 8. The van der Waals surface area contributed by atoms with Gasteiger partial charge in [-0.3, -0.25) is 4.90 Å². The fourth-order valence-corrected chi connectivity index (χ4v) is 7.92. The number of phenolic OH excluding ortho intramolecular Hbond substituents is 1. The molecular formula is C35H36F3N5O3. The molecule has 3 saturated heterocycles. The number of aromatic hydroxyl groups is 1. The number of fused-ring (bicyclic) bond motifs is 4. The standard InChI is InChI=1S/C35H36F3N5O3/c36-27-6-1-20-13-23(44)14-26(28(20)30(27)38)24-4-5-25-31(29(24)37)40-33(41-32(25)43-15-21-2-3-22(16-43)39-21)45-19-34(7-8-34)17-42-11-12-46-35(18-42)9-10-35/h1,4-6,13-14,21-22,39,44H,2-3,7-12,15-19H2. The van der Waals surface area contributed by atoms with Gasteiger partial charge in [-0.25, -0.2) is 13.2 Å². The first-order valence-corrected chi connectivity index (χ1v) is 16.4. The van der Waals surface area contributed by atoms with Gasteiger partial charge in [0, 0.05) is 66.6 Å². The number of ether oxygens (including phenoxy) is 2. The van der Waals surface area contributed by atoms with Crippen LogP contribution in [0.5, 0.6) is 11.8 Å². The van der Waals surface area contributed by atoms with Crippen LogP contribution in [0.15, 0.2) is 36.4 Å². The average Bonchev–Trinajstić information content (AvgIpc) is 3.96. The number of hydrogen-bond donors (Lipinski definition) is 2. The predicted molar refractivity (Wildman–Crippen MR) is 168 cm³/mol. The quantitative estimate of drug-likeness (QED) is 0.276. The van der Waals surface area contributed by atoms with E-state index in [4.69, 9.17) is 14.5 Å². The number of anilines is 1. The van der Waals surface area contributed by atoms with Crippen LogP contribution in [0.2, 0.25) is 0 Å². The number of nitrogens with zero attached hydrogens (tertiary/aromatic N) is 4. The van der Waals surface area contributed by atoms with E-state index in [9.17, 15) is 9.50 Å². The number of nitrogens with one attached hydrogen (secondary N) is 1. The molecule has 5 fully saturated rings. The molecular weight excluding hydrogens is 595 g/mol. The highest BCUT2D eigenvalue weighted by Crippen LogP contribution is 2.49. The summed E-state index contributed by atoms with van der Waals surface area (Å²) in [5, 5.41) is 14.8. The van der Waals surface area contributed by atoms with Crippen LogP contribution in [0.25, 0.3) is 32.8 Å². The van der Waals surface area contributed by atoms with E-state index in [2.05, 4.69) is 20.1 Å². The maximum absolute atomic E-state index is 16.7. The fourth-order valence-electron chi connectivity index (χ4n) is 7.92. The molecule has 2 atom stereocenters. The molecule has 2 unspecified atom stereocenters. The molecule has 9 rings (SSSR count). The summed E-state index contributed by atoms with van der Waals surface area (Å²) in [4.78, 5) is 14.2. The smallest absolute Gasteiger partial charge is 0.319 e. The first kappa shape index (κ1) is 28.5. The van der Waals surface area contributed by atoms with Crippen molar-refractivity contribution in [2.45, 2.75) is 56.2 Å². The Bertz CT molecular complexity index is 1870. The van der Waals surface area contributed by atoms with Gasteiger partial charge >= 0.3 is 6.01 Å². The maximum atomic E-state index is 16.7. The SMILES string of the molecule is Oc1cc(-c2ccc3c(N4CC5CCC(C4)N5)nc(OCC4(CN5CCOC6(CC6)C5)CC4)nc3c2F)c2c(F)c(F)ccc2c1. The molecule has 2 N–H and O–H groups in total. The largest absolute Gasteiger partial charge is 0.508 e. The molecule has 46 heavy (non-hydrogen) atoms. The van der Waals surface area contributed by atoms with Crippen molar-refractivity contribution in [3.63, 3.8) is 0 Å². The fraction of sp³-hybridized carbons (Fsp3) is 0.486. The number of morpholine rings is 1. The number of piperazine rings is 1. The second-order valence-electron chi connectivity index (χ2n) is 14.2.